The van der Waals surface area contributed by atoms with E-state index in [4.69, 9.17) is 17.0 Å². The topological polar surface area (TPSA) is 109 Å². The molecule has 9 nitrogen and oxygen atoms in total. The van der Waals surface area contributed by atoms with Gasteiger partial charge in [0.05, 0.1) is 28.3 Å². The van der Waals surface area contributed by atoms with Crippen molar-refractivity contribution in [3.8, 4) is 0 Å². The number of thiocarbonyl (C=S) groups is 1. The van der Waals surface area contributed by atoms with Crippen LogP contribution in [0.5, 0.6) is 0 Å². The van der Waals surface area contributed by atoms with Crippen LogP contribution in [-0.2, 0) is 19.1 Å². The normalized spacial score (nSPS) is 17.6. The summed E-state index contributed by atoms with van der Waals surface area (Å²) in [6, 6.07) is 9.96. The first-order valence-corrected chi connectivity index (χ1v) is 10.7. The molecule has 2 aliphatic rings. The third-order valence-corrected chi connectivity index (χ3v) is 6.02. The number of carbonyl (C=O) groups excluding carboxylic acids is 4. The Morgan fingerprint density at radius 1 is 1.16 bits per heavy atom. The summed E-state index contributed by atoms with van der Waals surface area (Å²) >= 11 is 6.18. The van der Waals surface area contributed by atoms with Crippen LogP contribution >= 0.6 is 24.0 Å². The molecular formula is C21H16N4O5S2. The Bertz CT molecular complexity index is 1180. The third kappa shape index (κ3) is 3.87. The number of pyridine rings is 1. The van der Waals surface area contributed by atoms with Crippen LogP contribution < -0.4 is 10.3 Å². The van der Waals surface area contributed by atoms with E-state index in [2.05, 4.69) is 10.4 Å². The molecule has 32 heavy (non-hydrogen) atoms. The number of nitrogens with zero attached hydrogens (tertiary/aromatic N) is 3. The number of benzene rings is 1. The fraction of sp³-hybridized carbons (Fsp3) is 0.143. The van der Waals surface area contributed by atoms with Crippen LogP contribution in [0.25, 0.3) is 5.57 Å². The van der Waals surface area contributed by atoms with Crippen molar-refractivity contribution in [1.29, 1.82) is 0 Å². The number of hydrogen-bond acceptors (Lipinski definition) is 8. The summed E-state index contributed by atoms with van der Waals surface area (Å²) in [7, 11) is 0. The zero-order valence-corrected chi connectivity index (χ0v) is 18.4. The zero-order chi connectivity index (χ0) is 22.8. The van der Waals surface area contributed by atoms with Crippen LogP contribution in [0.3, 0.4) is 0 Å². The van der Waals surface area contributed by atoms with Gasteiger partial charge in [0, 0.05) is 18.0 Å². The predicted octanol–water partition coefficient (Wildman–Crippen LogP) is 1.91. The highest BCUT2D eigenvalue weighted by Gasteiger charge is 2.43. The van der Waals surface area contributed by atoms with E-state index in [-0.39, 0.29) is 33.5 Å². The SMILES string of the molecule is CCOC(=O)CN1C(=O)C(=C2SC(=S)N(NC(=O)c3cccnc3)C2=O)c2ccccc21. The number of para-hydroxylation sites is 1. The number of nitrogens with one attached hydrogen (secondary N) is 1. The number of hydrazine groups is 1. The van der Waals surface area contributed by atoms with E-state index < -0.39 is 23.7 Å². The van der Waals surface area contributed by atoms with Crippen molar-refractivity contribution in [1.82, 2.24) is 15.4 Å². The van der Waals surface area contributed by atoms with Crippen molar-refractivity contribution in [2.24, 2.45) is 0 Å². The fourth-order valence-electron chi connectivity index (χ4n) is 3.27. The average Bonchev–Trinajstić information content (AvgIpc) is 3.22. The van der Waals surface area contributed by atoms with Crippen molar-refractivity contribution in [3.63, 3.8) is 0 Å². The van der Waals surface area contributed by atoms with Gasteiger partial charge in [-0.1, -0.05) is 30.0 Å². The molecule has 0 atom stereocenters. The van der Waals surface area contributed by atoms with Gasteiger partial charge in [0.2, 0.25) is 0 Å². The molecule has 1 fully saturated rings. The van der Waals surface area contributed by atoms with E-state index in [9.17, 15) is 19.2 Å². The molecule has 0 saturated carbocycles. The van der Waals surface area contributed by atoms with E-state index in [1.54, 1.807) is 43.3 Å². The minimum Gasteiger partial charge on any atom is -0.465 e. The lowest BCUT2D eigenvalue weighted by molar-refractivity contribution is -0.142. The minimum atomic E-state index is -0.631. The van der Waals surface area contributed by atoms with Gasteiger partial charge in [-0.15, -0.1) is 0 Å². The maximum absolute atomic E-state index is 13.2. The number of carbonyl (C=O) groups is 4. The average molecular weight is 469 g/mol. The molecule has 0 radical (unpaired) electrons. The van der Waals surface area contributed by atoms with Crippen molar-refractivity contribution < 1.29 is 23.9 Å². The number of thioether (sulfide) groups is 1. The van der Waals surface area contributed by atoms with Gasteiger partial charge in [-0.05, 0) is 37.3 Å². The number of amides is 3. The van der Waals surface area contributed by atoms with Crippen LogP contribution in [0.15, 0.2) is 53.7 Å². The lowest BCUT2D eigenvalue weighted by Crippen LogP contribution is -2.45. The second-order valence-electron chi connectivity index (χ2n) is 6.61. The molecule has 162 valence electrons. The Kier molecular flexibility index (Phi) is 6.01. The highest BCUT2D eigenvalue weighted by atomic mass is 32.2. The number of rotatable bonds is 5. The Morgan fingerprint density at radius 3 is 2.66 bits per heavy atom. The monoisotopic (exact) mass is 468 g/mol. The van der Waals surface area contributed by atoms with E-state index in [0.29, 0.717) is 11.3 Å². The Labute approximate surface area is 192 Å². The molecule has 0 aliphatic carbocycles. The highest BCUT2D eigenvalue weighted by Crippen LogP contribution is 2.44. The summed E-state index contributed by atoms with van der Waals surface area (Å²) in [5.74, 6) is -2.28. The molecule has 1 aromatic heterocycles. The maximum Gasteiger partial charge on any atom is 0.326 e. The van der Waals surface area contributed by atoms with Crippen molar-refractivity contribution in [3.05, 3.63) is 64.8 Å². The first-order chi connectivity index (χ1) is 15.4. The molecule has 2 aromatic rings. The number of esters is 1. The van der Waals surface area contributed by atoms with E-state index >= 15 is 0 Å². The van der Waals surface area contributed by atoms with Crippen molar-refractivity contribution >= 4 is 63.3 Å². The van der Waals surface area contributed by atoms with Gasteiger partial charge in [-0.25, -0.2) is 0 Å². The minimum absolute atomic E-state index is 0.0730. The second-order valence-corrected chi connectivity index (χ2v) is 8.25. The molecule has 1 aromatic carbocycles. The molecule has 1 saturated heterocycles. The van der Waals surface area contributed by atoms with Crippen LogP contribution in [0, 0.1) is 0 Å². The molecule has 0 bridgehead atoms. The number of aromatic nitrogens is 1. The number of fused-ring (bicyclic) bond motifs is 1. The highest BCUT2D eigenvalue weighted by molar-refractivity contribution is 8.26. The maximum atomic E-state index is 13.2. The summed E-state index contributed by atoms with van der Waals surface area (Å²) in [4.78, 5) is 56.1. The van der Waals surface area contributed by atoms with E-state index in [1.807, 2.05) is 0 Å². The first-order valence-electron chi connectivity index (χ1n) is 9.50. The van der Waals surface area contributed by atoms with Crippen LogP contribution in [0.1, 0.15) is 22.8 Å². The zero-order valence-electron chi connectivity index (χ0n) is 16.7. The van der Waals surface area contributed by atoms with Gasteiger partial charge in [0.25, 0.3) is 17.7 Å². The summed E-state index contributed by atoms with van der Waals surface area (Å²) in [5, 5.41) is 0.932. The Morgan fingerprint density at radius 2 is 1.94 bits per heavy atom. The molecule has 2 aliphatic heterocycles. The fourth-order valence-corrected chi connectivity index (χ4v) is 4.52. The molecule has 4 rings (SSSR count). The van der Waals surface area contributed by atoms with Crippen LogP contribution in [0.4, 0.5) is 5.69 Å². The summed E-state index contributed by atoms with van der Waals surface area (Å²) in [6.45, 7) is 1.57. The third-order valence-electron chi connectivity index (χ3n) is 4.65. The summed E-state index contributed by atoms with van der Waals surface area (Å²) in [6.07, 6.45) is 2.88. The quantitative estimate of drug-likeness (QED) is 0.403. The molecule has 1 N–H and O–H groups in total. The smallest absolute Gasteiger partial charge is 0.326 e. The van der Waals surface area contributed by atoms with Gasteiger partial charge < -0.3 is 4.74 Å². The van der Waals surface area contributed by atoms with Gasteiger partial charge in [0.1, 0.15) is 6.54 Å². The van der Waals surface area contributed by atoms with E-state index in [0.717, 1.165) is 16.8 Å². The number of ether oxygens (including phenoxy) is 1. The largest absolute Gasteiger partial charge is 0.465 e. The Hall–Kier alpha value is -3.57. The van der Waals surface area contributed by atoms with Crippen molar-refractivity contribution in [2.45, 2.75) is 6.92 Å². The predicted molar refractivity (Wildman–Crippen MR) is 121 cm³/mol. The van der Waals surface area contributed by atoms with Gasteiger partial charge >= 0.3 is 5.97 Å². The molecule has 11 heteroatoms. The summed E-state index contributed by atoms with van der Waals surface area (Å²) in [5.41, 5.74) is 3.82. The molecule has 0 spiro atoms. The van der Waals surface area contributed by atoms with Gasteiger partial charge in [-0.2, -0.15) is 5.01 Å². The number of anilines is 1. The molecule has 3 amide bonds. The van der Waals surface area contributed by atoms with Crippen LogP contribution in [0.2, 0.25) is 0 Å². The van der Waals surface area contributed by atoms with Crippen molar-refractivity contribution in [2.75, 3.05) is 18.1 Å². The number of hydrogen-bond donors (Lipinski definition) is 1. The molecular weight excluding hydrogens is 452 g/mol. The Balaban J connectivity index is 1.66. The lowest BCUT2D eigenvalue weighted by Gasteiger charge is -2.16. The molecule has 3 heterocycles. The van der Waals surface area contributed by atoms with E-state index in [1.165, 1.54) is 17.3 Å². The van der Waals surface area contributed by atoms with Gasteiger partial charge in [-0.3, -0.25) is 34.5 Å². The first kappa shape index (κ1) is 21.7. The lowest BCUT2D eigenvalue weighted by atomic mass is 10.1. The summed E-state index contributed by atoms with van der Waals surface area (Å²) < 4.78 is 5.04. The standard InChI is InChI=1S/C21H16N4O5S2/c1-2-30-15(26)11-24-14-8-4-3-7-13(14)16(19(24)28)17-20(29)25(21(31)32-17)23-18(27)12-6-5-9-22-10-12/h3-10H,2,11H2,1H3,(H,23,27). The second kappa shape index (κ2) is 8.89. The van der Waals surface area contributed by atoms with Gasteiger partial charge in [0.15, 0.2) is 4.32 Å². The van der Waals surface area contributed by atoms with Crippen LogP contribution in [-0.4, -0.2) is 51.2 Å². The molecule has 0 unspecified atom stereocenters.